The van der Waals surface area contributed by atoms with Crippen LogP contribution in [0.4, 0.5) is 5.69 Å². The molecule has 0 aromatic heterocycles. The van der Waals surface area contributed by atoms with Crippen molar-refractivity contribution in [3.05, 3.63) is 39.9 Å². The fourth-order valence-corrected chi connectivity index (χ4v) is 2.53. The van der Waals surface area contributed by atoms with Crippen LogP contribution < -0.4 is 10.7 Å². The molecule has 1 saturated carbocycles. The van der Waals surface area contributed by atoms with Gasteiger partial charge in [0.05, 0.1) is 11.1 Å². The fraction of sp³-hybridized carbons (Fsp3) is 0.429. The molecule has 0 aliphatic heterocycles. The first-order valence-electron chi connectivity index (χ1n) is 6.99. The van der Waals surface area contributed by atoms with Gasteiger partial charge in [0.1, 0.15) is 0 Å². The van der Waals surface area contributed by atoms with E-state index in [2.05, 4.69) is 15.8 Å². The van der Waals surface area contributed by atoms with Gasteiger partial charge in [-0.25, -0.2) is 0 Å². The van der Waals surface area contributed by atoms with Gasteiger partial charge >= 0.3 is 0 Å². The Bertz CT molecular complexity index is 524. The number of nitro groups is 1. The van der Waals surface area contributed by atoms with E-state index in [1.807, 2.05) is 0 Å². The highest BCUT2D eigenvalue weighted by molar-refractivity contribution is 7.80. The minimum Gasteiger partial charge on any atom is -0.359 e. The third-order valence-corrected chi connectivity index (χ3v) is 3.63. The van der Waals surface area contributed by atoms with Crippen molar-refractivity contribution in [3.8, 4) is 0 Å². The number of nitro benzene ring substituents is 1. The zero-order valence-electron chi connectivity index (χ0n) is 11.6. The lowest BCUT2D eigenvalue weighted by Gasteiger charge is -2.23. The lowest BCUT2D eigenvalue weighted by atomic mass is 9.96. The fourth-order valence-electron chi connectivity index (χ4n) is 2.31. The summed E-state index contributed by atoms with van der Waals surface area (Å²) >= 11 is 5.18. The van der Waals surface area contributed by atoms with E-state index in [-0.39, 0.29) is 5.69 Å². The van der Waals surface area contributed by atoms with E-state index in [0.29, 0.717) is 11.2 Å². The second kappa shape index (κ2) is 7.68. The monoisotopic (exact) mass is 306 g/mol. The van der Waals surface area contributed by atoms with Gasteiger partial charge in [-0.2, -0.15) is 5.10 Å². The first-order valence-corrected chi connectivity index (χ1v) is 7.40. The van der Waals surface area contributed by atoms with Crippen LogP contribution >= 0.6 is 12.2 Å². The molecule has 0 spiro atoms. The lowest BCUT2D eigenvalue weighted by molar-refractivity contribution is -0.384. The van der Waals surface area contributed by atoms with Gasteiger partial charge in [0, 0.05) is 18.2 Å². The van der Waals surface area contributed by atoms with E-state index in [9.17, 15) is 10.1 Å². The smallest absolute Gasteiger partial charge is 0.269 e. The largest absolute Gasteiger partial charge is 0.359 e. The Morgan fingerprint density at radius 2 is 1.95 bits per heavy atom. The molecule has 0 atom stereocenters. The van der Waals surface area contributed by atoms with Gasteiger partial charge in [0.15, 0.2) is 5.11 Å². The molecule has 1 aliphatic rings. The molecule has 6 nitrogen and oxygen atoms in total. The second-order valence-corrected chi connectivity index (χ2v) is 5.44. The van der Waals surface area contributed by atoms with Crippen LogP contribution in [0, 0.1) is 10.1 Å². The molecule has 2 N–H and O–H groups in total. The second-order valence-electron chi connectivity index (χ2n) is 5.03. The number of rotatable bonds is 4. The maximum absolute atomic E-state index is 10.5. The van der Waals surface area contributed by atoms with E-state index < -0.39 is 4.92 Å². The van der Waals surface area contributed by atoms with Crippen molar-refractivity contribution in [3.63, 3.8) is 0 Å². The zero-order chi connectivity index (χ0) is 15.1. The average Bonchev–Trinajstić information content (AvgIpc) is 2.49. The van der Waals surface area contributed by atoms with Crippen LogP contribution in [0.25, 0.3) is 0 Å². The number of thiocarbonyl (C=S) groups is 1. The maximum atomic E-state index is 10.5. The summed E-state index contributed by atoms with van der Waals surface area (Å²) < 4.78 is 0. The molecular weight excluding hydrogens is 288 g/mol. The molecule has 21 heavy (non-hydrogen) atoms. The van der Waals surface area contributed by atoms with Crippen molar-refractivity contribution >= 4 is 29.2 Å². The van der Waals surface area contributed by atoms with Crippen LogP contribution in [0.5, 0.6) is 0 Å². The summed E-state index contributed by atoms with van der Waals surface area (Å²) in [5.74, 6) is 0. The number of hydrogen-bond donors (Lipinski definition) is 2. The van der Waals surface area contributed by atoms with Gasteiger partial charge in [-0.1, -0.05) is 19.3 Å². The summed E-state index contributed by atoms with van der Waals surface area (Å²) in [7, 11) is 0. The quantitative estimate of drug-likeness (QED) is 0.387. The molecule has 1 fully saturated rings. The minimum atomic E-state index is -0.428. The Hall–Kier alpha value is -2.02. The van der Waals surface area contributed by atoms with Gasteiger partial charge in [-0.15, -0.1) is 0 Å². The highest BCUT2D eigenvalue weighted by Crippen LogP contribution is 2.17. The molecule has 112 valence electrons. The molecule has 1 aliphatic carbocycles. The standard InChI is InChI=1S/C14H18N4O2S/c19-18(20)13-8-6-11(7-9-13)10-15-17-14(21)16-12-4-2-1-3-5-12/h6-10,12H,1-5H2,(H2,16,17,21)/b15-10-. The SMILES string of the molecule is O=[N+]([O-])c1ccc(/C=N\NC(=S)NC2CCCCC2)cc1. The zero-order valence-corrected chi connectivity index (χ0v) is 12.4. The molecule has 0 radical (unpaired) electrons. The van der Waals surface area contributed by atoms with Crippen molar-refractivity contribution in [2.24, 2.45) is 5.10 Å². The minimum absolute atomic E-state index is 0.0644. The van der Waals surface area contributed by atoms with E-state index in [1.54, 1.807) is 18.3 Å². The summed E-state index contributed by atoms with van der Waals surface area (Å²) in [6.45, 7) is 0. The lowest BCUT2D eigenvalue weighted by Crippen LogP contribution is -2.40. The Labute approximate surface area is 128 Å². The highest BCUT2D eigenvalue weighted by Gasteiger charge is 2.13. The van der Waals surface area contributed by atoms with Crippen LogP contribution in [0.2, 0.25) is 0 Å². The Balaban J connectivity index is 1.78. The number of nitrogens with zero attached hydrogens (tertiary/aromatic N) is 2. The molecule has 0 bridgehead atoms. The van der Waals surface area contributed by atoms with Gasteiger partial charge in [0.25, 0.3) is 5.69 Å². The van der Waals surface area contributed by atoms with Crippen molar-refractivity contribution < 1.29 is 4.92 Å². The molecule has 2 rings (SSSR count). The number of nitrogens with one attached hydrogen (secondary N) is 2. The van der Waals surface area contributed by atoms with Gasteiger partial charge in [0.2, 0.25) is 0 Å². The number of non-ortho nitro benzene ring substituents is 1. The highest BCUT2D eigenvalue weighted by atomic mass is 32.1. The van der Waals surface area contributed by atoms with Crippen LogP contribution in [0.3, 0.4) is 0 Å². The Morgan fingerprint density at radius 3 is 2.57 bits per heavy atom. The van der Waals surface area contributed by atoms with Gasteiger partial charge in [-0.05, 0) is 42.8 Å². The molecular formula is C14H18N4O2S. The third-order valence-electron chi connectivity index (χ3n) is 3.42. The molecule has 1 aromatic carbocycles. The number of hydrogen-bond acceptors (Lipinski definition) is 4. The molecule has 7 heteroatoms. The Morgan fingerprint density at radius 1 is 1.29 bits per heavy atom. The number of benzene rings is 1. The predicted octanol–water partition coefficient (Wildman–Crippen LogP) is 2.73. The third kappa shape index (κ3) is 5.11. The van der Waals surface area contributed by atoms with E-state index in [4.69, 9.17) is 12.2 Å². The Kier molecular flexibility index (Phi) is 5.62. The molecule has 0 saturated heterocycles. The summed E-state index contributed by atoms with van der Waals surface area (Å²) in [6, 6.07) is 6.61. The van der Waals surface area contributed by atoms with Gasteiger partial charge < -0.3 is 5.32 Å². The molecule has 0 unspecified atom stereocenters. The molecule has 1 aromatic rings. The summed E-state index contributed by atoms with van der Waals surface area (Å²) in [5, 5.41) is 18.3. The van der Waals surface area contributed by atoms with Crippen LogP contribution in [0.1, 0.15) is 37.7 Å². The first kappa shape index (κ1) is 15.4. The molecule has 0 amide bonds. The topological polar surface area (TPSA) is 79.6 Å². The van der Waals surface area contributed by atoms with Crippen LogP contribution in [-0.2, 0) is 0 Å². The summed E-state index contributed by atoms with van der Waals surface area (Å²) in [4.78, 5) is 10.1. The normalized spacial score (nSPS) is 15.8. The first-order chi connectivity index (χ1) is 10.1. The van der Waals surface area contributed by atoms with Gasteiger partial charge in [-0.3, -0.25) is 15.5 Å². The maximum Gasteiger partial charge on any atom is 0.269 e. The summed E-state index contributed by atoms with van der Waals surface area (Å²) in [5.41, 5.74) is 3.61. The van der Waals surface area contributed by atoms with Crippen LogP contribution in [0.15, 0.2) is 29.4 Å². The number of hydrazone groups is 1. The van der Waals surface area contributed by atoms with Crippen molar-refractivity contribution in [1.82, 2.24) is 10.7 Å². The van der Waals surface area contributed by atoms with E-state index in [1.165, 1.54) is 31.4 Å². The van der Waals surface area contributed by atoms with E-state index >= 15 is 0 Å². The van der Waals surface area contributed by atoms with Crippen molar-refractivity contribution in [2.75, 3.05) is 0 Å². The predicted molar refractivity (Wildman–Crippen MR) is 86.4 cm³/mol. The van der Waals surface area contributed by atoms with Crippen molar-refractivity contribution in [1.29, 1.82) is 0 Å². The summed E-state index contributed by atoms with van der Waals surface area (Å²) in [6.07, 6.45) is 7.66. The van der Waals surface area contributed by atoms with Crippen LogP contribution in [-0.4, -0.2) is 22.3 Å². The average molecular weight is 306 g/mol. The van der Waals surface area contributed by atoms with Crippen molar-refractivity contribution in [2.45, 2.75) is 38.1 Å². The molecule has 0 heterocycles. The van der Waals surface area contributed by atoms with E-state index in [0.717, 1.165) is 18.4 Å².